The van der Waals surface area contributed by atoms with E-state index in [4.69, 9.17) is 16.3 Å². The molecule has 2 aliphatic rings. The first-order valence-electron chi connectivity index (χ1n) is 10.7. The van der Waals surface area contributed by atoms with Crippen molar-refractivity contribution in [2.75, 3.05) is 13.7 Å². The third-order valence-electron chi connectivity index (χ3n) is 6.27. The summed E-state index contributed by atoms with van der Waals surface area (Å²) < 4.78 is 5.14. The Bertz CT molecular complexity index is 920. The number of piperidine rings is 1. The number of ether oxygens (including phenoxy) is 1. The molecule has 2 amide bonds. The van der Waals surface area contributed by atoms with Crippen molar-refractivity contribution in [2.24, 2.45) is 0 Å². The number of hydrogen-bond acceptors (Lipinski definition) is 4. The molecule has 2 bridgehead atoms. The molecule has 31 heavy (non-hydrogen) atoms. The van der Waals surface area contributed by atoms with Gasteiger partial charge in [-0.2, -0.15) is 0 Å². The molecule has 164 valence electrons. The number of nitrogens with one attached hydrogen (secondary N) is 2. The molecule has 4 rings (SSSR count). The number of nitrogens with zero attached hydrogens (tertiary/aromatic N) is 1. The minimum absolute atomic E-state index is 0.0314. The van der Waals surface area contributed by atoms with Gasteiger partial charge in [0, 0.05) is 35.3 Å². The zero-order chi connectivity index (χ0) is 21.8. The summed E-state index contributed by atoms with van der Waals surface area (Å²) in [6, 6.07) is 16.0. The van der Waals surface area contributed by atoms with E-state index in [1.807, 2.05) is 12.1 Å². The number of methoxy groups -OCH3 is 1. The quantitative estimate of drug-likeness (QED) is 0.691. The van der Waals surface area contributed by atoms with Gasteiger partial charge in [-0.15, -0.1) is 0 Å². The monoisotopic (exact) mass is 441 g/mol. The van der Waals surface area contributed by atoms with E-state index in [-0.39, 0.29) is 24.4 Å². The van der Waals surface area contributed by atoms with E-state index in [0.717, 1.165) is 37.3 Å². The number of carbonyl (C=O) groups is 2. The number of halogens is 1. The van der Waals surface area contributed by atoms with Crippen molar-refractivity contribution < 1.29 is 14.3 Å². The van der Waals surface area contributed by atoms with Crippen LogP contribution in [0.5, 0.6) is 5.75 Å². The van der Waals surface area contributed by atoms with E-state index in [1.165, 1.54) is 5.56 Å². The second-order valence-corrected chi connectivity index (χ2v) is 8.77. The summed E-state index contributed by atoms with van der Waals surface area (Å²) >= 11 is 6.00. The Morgan fingerprint density at radius 3 is 2.48 bits per heavy atom. The Kier molecular flexibility index (Phi) is 6.78. The van der Waals surface area contributed by atoms with Gasteiger partial charge >= 0.3 is 0 Å². The van der Waals surface area contributed by atoms with Crippen LogP contribution in [0.15, 0.2) is 48.5 Å². The number of amides is 2. The molecule has 0 unspecified atom stereocenters. The lowest BCUT2D eigenvalue weighted by molar-refractivity contribution is -0.121. The van der Waals surface area contributed by atoms with Crippen molar-refractivity contribution >= 4 is 23.4 Å². The van der Waals surface area contributed by atoms with Crippen LogP contribution < -0.4 is 15.4 Å². The molecular formula is C24H28ClN3O3. The maximum Gasteiger partial charge on any atom is 0.251 e. The number of rotatable bonds is 7. The lowest BCUT2D eigenvalue weighted by Crippen LogP contribution is -2.51. The molecule has 2 fully saturated rings. The van der Waals surface area contributed by atoms with Crippen molar-refractivity contribution in [2.45, 2.75) is 50.4 Å². The van der Waals surface area contributed by atoms with Gasteiger partial charge in [0.25, 0.3) is 5.91 Å². The highest BCUT2D eigenvalue weighted by molar-refractivity contribution is 6.30. The first kappa shape index (κ1) is 21.7. The molecule has 0 aromatic heterocycles. The van der Waals surface area contributed by atoms with Gasteiger partial charge < -0.3 is 15.4 Å². The molecule has 3 atom stereocenters. The van der Waals surface area contributed by atoms with Gasteiger partial charge in [0.1, 0.15) is 5.75 Å². The maximum absolute atomic E-state index is 12.4. The van der Waals surface area contributed by atoms with E-state index in [9.17, 15) is 9.59 Å². The summed E-state index contributed by atoms with van der Waals surface area (Å²) in [5.41, 5.74) is 1.74. The van der Waals surface area contributed by atoms with Crippen molar-refractivity contribution in [3.8, 4) is 5.75 Å². The summed E-state index contributed by atoms with van der Waals surface area (Å²) in [5.74, 6) is 0.177. The molecule has 0 spiro atoms. The Morgan fingerprint density at radius 1 is 1.10 bits per heavy atom. The van der Waals surface area contributed by atoms with Crippen LogP contribution in [0.2, 0.25) is 5.02 Å². The fourth-order valence-corrected chi connectivity index (χ4v) is 4.88. The molecule has 7 heteroatoms. The molecule has 2 N–H and O–H groups in total. The number of fused-ring (bicyclic) bond motifs is 2. The number of hydrogen-bond donors (Lipinski definition) is 2. The molecule has 2 aromatic rings. The Morgan fingerprint density at radius 2 is 1.81 bits per heavy atom. The standard InChI is InChI=1S/C24H28ClN3O3/c1-31-22-4-2-3-17(11-22)24(30)26-14-23(29)27-19-12-20-9-10-21(13-19)28(20)15-16-5-7-18(25)8-6-16/h2-8,11,19-21H,9-10,12-15H2,1H3,(H,26,30)(H,27,29)/t19-,20+,21-. The third kappa shape index (κ3) is 5.38. The first-order chi connectivity index (χ1) is 15.0. The zero-order valence-electron chi connectivity index (χ0n) is 17.6. The fourth-order valence-electron chi connectivity index (χ4n) is 4.76. The maximum atomic E-state index is 12.4. The molecule has 0 aliphatic carbocycles. The van der Waals surface area contributed by atoms with E-state index >= 15 is 0 Å². The Balaban J connectivity index is 1.25. The second kappa shape index (κ2) is 9.71. The summed E-state index contributed by atoms with van der Waals surface area (Å²) in [4.78, 5) is 27.3. The van der Waals surface area contributed by atoms with Crippen LogP contribution in [-0.4, -0.2) is 48.5 Å². The predicted molar refractivity (Wildman–Crippen MR) is 120 cm³/mol. The SMILES string of the molecule is COc1cccc(C(=O)NCC(=O)N[C@H]2C[C@H]3CC[C@@H](C2)N3Cc2ccc(Cl)cc2)c1. The lowest BCUT2D eigenvalue weighted by atomic mass is 9.96. The molecule has 0 saturated carbocycles. The van der Waals surface area contributed by atoms with Gasteiger partial charge in [-0.25, -0.2) is 0 Å². The molecule has 0 radical (unpaired) electrons. The van der Waals surface area contributed by atoms with E-state index < -0.39 is 0 Å². The van der Waals surface area contributed by atoms with Gasteiger partial charge in [-0.3, -0.25) is 14.5 Å². The summed E-state index contributed by atoms with van der Waals surface area (Å²) in [5, 5.41) is 6.57. The molecule has 6 nitrogen and oxygen atoms in total. The van der Waals surface area contributed by atoms with Crippen molar-refractivity contribution in [3.05, 3.63) is 64.7 Å². The first-order valence-corrected chi connectivity index (χ1v) is 11.1. The zero-order valence-corrected chi connectivity index (χ0v) is 18.4. The predicted octanol–water partition coefficient (Wildman–Crippen LogP) is 3.39. The second-order valence-electron chi connectivity index (χ2n) is 8.33. The summed E-state index contributed by atoms with van der Waals surface area (Å²) in [6.45, 7) is 0.889. The highest BCUT2D eigenvalue weighted by atomic mass is 35.5. The van der Waals surface area contributed by atoms with Crippen LogP contribution in [0, 0.1) is 0 Å². The average Bonchev–Trinajstić information content (AvgIpc) is 3.01. The minimum Gasteiger partial charge on any atom is -0.497 e. The fraction of sp³-hybridized carbons (Fsp3) is 0.417. The summed E-state index contributed by atoms with van der Waals surface area (Å²) in [7, 11) is 1.55. The lowest BCUT2D eigenvalue weighted by Gasteiger charge is -2.39. The topological polar surface area (TPSA) is 70.7 Å². The highest BCUT2D eigenvalue weighted by Gasteiger charge is 2.40. The highest BCUT2D eigenvalue weighted by Crippen LogP contribution is 2.36. The summed E-state index contributed by atoms with van der Waals surface area (Å²) in [6.07, 6.45) is 4.22. The van der Waals surface area contributed by atoms with Crippen molar-refractivity contribution in [3.63, 3.8) is 0 Å². The Hall–Kier alpha value is -2.57. The third-order valence-corrected chi connectivity index (χ3v) is 6.52. The molecule has 2 saturated heterocycles. The van der Waals surface area contributed by atoms with E-state index in [2.05, 4.69) is 27.7 Å². The number of carbonyl (C=O) groups excluding carboxylic acids is 2. The smallest absolute Gasteiger partial charge is 0.251 e. The van der Waals surface area contributed by atoms with E-state index in [0.29, 0.717) is 23.4 Å². The van der Waals surface area contributed by atoms with Crippen LogP contribution in [0.25, 0.3) is 0 Å². The van der Waals surface area contributed by atoms with Crippen LogP contribution in [0.1, 0.15) is 41.6 Å². The van der Waals surface area contributed by atoms with Crippen LogP contribution in [0.4, 0.5) is 0 Å². The van der Waals surface area contributed by atoms with Crippen molar-refractivity contribution in [1.29, 1.82) is 0 Å². The minimum atomic E-state index is -0.285. The van der Waals surface area contributed by atoms with Crippen LogP contribution >= 0.6 is 11.6 Å². The van der Waals surface area contributed by atoms with Gasteiger partial charge in [0.2, 0.25) is 5.91 Å². The van der Waals surface area contributed by atoms with Crippen LogP contribution in [0.3, 0.4) is 0 Å². The van der Waals surface area contributed by atoms with Gasteiger partial charge in [0.05, 0.1) is 13.7 Å². The van der Waals surface area contributed by atoms with Crippen LogP contribution in [-0.2, 0) is 11.3 Å². The Labute approximate surface area is 187 Å². The average molecular weight is 442 g/mol. The largest absolute Gasteiger partial charge is 0.497 e. The molecule has 2 aliphatic heterocycles. The molecular weight excluding hydrogens is 414 g/mol. The normalized spacial score (nSPS) is 22.7. The van der Waals surface area contributed by atoms with E-state index in [1.54, 1.807) is 31.4 Å². The molecule has 2 heterocycles. The van der Waals surface area contributed by atoms with Gasteiger partial charge in [0.15, 0.2) is 0 Å². The number of benzene rings is 2. The van der Waals surface area contributed by atoms with Crippen molar-refractivity contribution in [1.82, 2.24) is 15.5 Å². The van der Waals surface area contributed by atoms with Gasteiger partial charge in [-0.05, 0) is 61.6 Å². The van der Waals surface area contributed by atoms with Gasteiger partial charge in [-0.1, -0.05) is 29.8 Å². The molecule has 2 aromatic carbocycles.